The van der Waals surface area contributed by atoms with Crippen molar-refractivity contribution in [3.05, 3.63) is 48.1 Å². The Morgan fingerprint density at radius 3 is 1.26 bits per heavy atom. The van der Waals surface area contributed by atoms with Crippen LogP contribution in [0.25, 0.3) is 0 Å². The summed E-state index contributed by atoms with van der Waals surface area (Å²) in [6, 6.07) is 0. The molecule has 6 rings (SSSR count). The highest BCUT2D eigenvalue weighted by atomic mass is 19.2. The standard InChI is InChI=1S/C48H74F4O/c1-3-5-9-15-37-17-21-41(22-18-37)45(27-11-7-12-28-45)47(51)31-25-39(43(49)33-47)35-53-36-40-26-32-48(52,34-44(40)50)46(29-13-8-14-30-46)42-23-19-38(20-24-42)16-10-6-4-2/h25-26,31-34,37-42H,3-24,27-30,35-36H2,1-2H3/t37-,38-,39-,40-,41-,42-,47+,48+/m0/s1. The van der Waals surface area contributed by atoms with Crippen molar-refractivity contribution in [2.24, 2.45) is 46.3 Å². The molecule has 4 fully saturated rings. The molecule has 0 radical (unpaired) electrons. The Hall–Kier alpha value is -1.36. The molecule has 6 aliphatic carbocycles. The number of rotatable bonds is 16. The Balaban J connectivity index is 1.04. The van der Waals surface area contributed by atoms with Gasteiger partial charge >= 0.3 is 0 Å². The normalized spacial score (nSPS) is 37.2. The molecule has 0 aliphatic heterocycles. The second-order valence-electron chi connectivity index (χ2n) is 18.9. The molecule has 1 nitrogen and oxygen atoms in total. The topological polar surface area (TPSA) is 9.23 Å². The van der Waals surface area contributed by atoms with Gasteiger partial charge in [-0.05, 0) is 99.3 Å². The van der Waals surface area contributed by atoms with Gasteiger partial charge < -0.3 is 4.74 Å². The molecule has 5 heteroatoms. The van der Waals surface area contributed by atoms with Crippen molar-refractivity contribution in [2.75, 3.05) is 13.2 Å². The molecule has 0 amide bonds. The molecular weight excluding hydrogens is 669 g/mol. The molecule has 0 spiro atoms. The fourth-order valence-electron chi connectivity index (χ4n) is 12.6. The third-order valence-corrected chi connectivity index (χ3v) is 15.8. The zero-order chi connectivity index (χ0) is 37.4. The van der Waals surface area contributed by atoms with E-state index >= 15 is 17.6 Å². The Labute approximate surface area is 321 Å². The Morgan fingerprint density at radius 2 is 0.925 bits per heavy atom. The van der Waals surface area contributed by atoms with E-state index in [1.54, 1.807) is 24.3 Å². The molecular formula is C48H74F4O. The van der Waals surface area contributed by atoms with E-state index in [4.69, 9.17) is 4.74 Å². The molecule has 4 saturated carbocycles. The first-order valence-corrected chi connectivity index (χ1v) is 22.8. The second kappa shape index (κ2) is 18.7. The van der Waals surface area contributed by atoms with Gasteiger partial charge in [-0.25, -0.2) is 17.6 Å². The molecule has 4 atom stereocenters. The monoisotopic (exact) mass is 743 g/mol. The number of halogens is 4. The van der Waals surface area contributed by atoms with Crippen LogP contribution in [0.4, 0.5) is 17.6 Å². The number of alkyl halides is 2. The first-order chi connectivity index (χ1) is 25.7. The Bertz CT molecular complexity index is 1160. The highest BCUT2D eigenvalue weighted by Gasteiger charge is 2.57. The predicted octanol–water partition coefficient (Wildman–Crippen LogP) is 15.2. The maximum absolute atomic E-state index is 17.3. The van der Waals surface area contributed by atoms with Crippen LogP contribution in [-0.2, 0) is 4.74 Å². The molecule has 0 saturated heterocycles. The number of hydrogen-bond donors (Lipinski definition) is 0. The molecule has 0 aromatic carbocycles. The van der Waals surface area contributed by atoms with Gasteiger partial charge in [-0.3, -0.25) is 0 Å². The van der Waals surface area contributed by atoms with Crippen molar-refractivity contribution < 1.29 is 22.3 Å². The summed E-state index contributed by atoms with van der Waals surface area (Å²) in [7, 11) is 0. The average molecular weight is 743 g/mol. The van der Waals surface area contributed by atoms with Crippen molar-refractivity contribution in [3.63, 3.8) is 0 Å². The summed E-state index contributed by atoms with van der Waals surface area (Å²) in [4.78, 5) is 0. The SMILES string of the molecule is CCCCC[C@H]1CC[C@H](C2([C@@]3(F)C=C[C@@H](COC[C@@H]4C=C[C@](F)(C5([C@H]6CC[C@H](CCCCC)CC6)CCCCC5)C=C4F)C(F)=C3)CCCCC2)CC1. The number of unbranched alkanes of at least 4 members (excludes halogenated alkanes) is 4. The van der Waals surface area contributed by atoms with Crippen LogP contribution in [0.15, 0.2) is 48.1 Å². The fraction of sp³-hybridized carbons (Fsp3) is 0.833. The lowest BCUT2D eigenvalue weighted by atomic mass is 9.53. The minimum Gasteiger partial charge on any atom is -0.379 e. The predicted molar refractivity (Wildman–Crippen MR) is 212 cm³/mol. The summed E-state index contributed by atoms with van der Waals surface area (Å²) in [5, 5.41) is 0. The van der Waals surface area contributed by atoms with E-state index in [-0.39, 0.29) is 25.0 Å². The number of hydrogen-bond acceptors (Lipinski definition) is 1. The van der Waals surface area contributed by atoms with Gasteiger partial charge in [-0.1, -0.05) is 142 Å². The molecule has 0 unspecified atom stereocenters. The van der Waals surface area contributed by atoms with Crippen molar-refractivity contribution in [1.82, 2.24) is 0 Å². The van der Waals surface area contributed by atoms with Gasteiger partial charge in [0.05, 0.1) is 25.0 Å². The lowest BCUT2D eigenvalue weighted by Gasteiger charge is -2.53. The van der Waals surface area contributed by atoms with Gasteiger partial charge in [-0.2, -0.15) is 0 Å². The van der Waals surface area contributed by atoms with Crippen LogP contribution in [0.3, 0.4) is 0 Å². The summed E-state index contributed by atoms with van der Waals surface area (Å²) in [6.07, 6.45) is 37.9. The van der Waals surface area contributed by atoms with Gasteiger partial charge in [0, 0.05) is 10.8 Å². The Kier molecular flexibility index (Phi) is 14.6. The smallest absolute Gasteiger partial charge is 0.155 e. The highest BCUT2D eigenvalue weighted by molar-refractivity contribution is 5.33. The van der Waals surface area contributed by atoms with Crippen molar-refractivity contribution in [1.29, 1.82) is 0 Å². The van der Waals surface area contributed by atoms with Crippen LogP contribution in [0.5, 0.6) is 0 Å². The lowest BCUT2D eigenvalue weighted by Crippen LogP contribution is -2.51. The van der Waals surface area contributed by atoms with Crippen LogP contribution < -0.4 is 0 Å². The third kappa shape index (κ3) is 9.12. The largest absolute Gasteiger partial charge is 0.379 e. The minimum absolute atomic E-state index is 0.0224. The number of ether oxygens (including phenoxy) is 1. The molecule has 300 valence electrons. The zero-order valence-corrected chi connectivity index (χ0v) is 33.6. The van der Waals surface area contributed by atoms with Gasteiger partial charge in [-0.15, -0.1) is 0 Å². The van der Waals surface area contributed by atoms with E-state index in [9.17, 15) is 0 Å². The minimum atomic E-state index is -1.79. The summed E-state index contributed by atoms with van der Waals surface area (Å²) in [6.45, 7) is 4.54. The van der Waals surface area contributed by atoms with Crippen molar-refractivity contribution in [2.45, 2.75) is 192 Å². The van der Waals surface area contributed by atoms with Crippen LogP contribution in [0, 0.1) is 46.3 Å². The quantitative estimate of drug-likeness (QED) is 0.0869. The van der Waals surface area contributed by atoms with Gasteiger partial charge in [0.1, 0.15) is 11.7 Å². The highest BCUT2D eigenvalue weighted by Crippen LogP contribution is 2.60. The van der Waals surface area contributed by atoms with Crippen LogP contribution in [-0.4, -0.2) is 24.6 Å². The van der Waals surface area contributed by atoms with Crippen molar-refractivity contribution in [3.8, 4) is 0 Å². The molecule has 0 N–H and O–H groups in total. The fourth-order valence-corrected chi connectivity index (χ4v) is 12.6. The second-order valence-corrected chi connectivity index (χ2v) is 18.9. The first-order valence-electron chi connectivity index (χ1n) is 22.8. The maximum Gasteiger partial charge on any atom is 0.155 e. The molecule has 0 aromatic heterocycles. The maximum atomic E-state index is 17.3. The van der Waals surface area contributed by atoms with E-state index in [1.807, 2.05) is 0 Å². The van der Waals surface area contributed by atoms with Crippen LogP contribution in [0.1, 0.15) is 181 Å². The lowest BCUT2D eigenvalue weighted by molar-refractivity contribution is -0.0445. The number of allylic oxidation sites excluding steroid dienone is 4. The molecule has 0 heterocycles. The van der Waals surface area contributed by atoms with Crippen LogP contribution >= 0.6 is 0 Å². The van der Waals surface area contributed by atoms with E-state index in [1.165, 1.54) is 89.2 Å². The Morgan fingerprint density at radius 1 is 0.547 bits per heavy atom. The average Bonchev–Trinajstić information content (AvgIpc) is 3.18. The zero-order valence-electron chi connectivity index (χ0n) is 33.6. The van der Waals surface area contributed by atoms with Gasteiger partial charge in [0.2, 0.25) is 0 Å². The summed E-state index contributed by atoms with van der Waals surface area (Å²) in [5.74, 6) is -0.231. The van der Waals surface area contributed by atoms with E-state index in [0.29, 0.717) is 0 Å². The molecule has 0 bridgehead atoms. The van der Waals surface area contributed by atoms with E-state index < -0.39 is 45.7 Å². The molecule has 53 heavy (non-hydrogen) atoms. The van der Waals surface area contributed by atoms with E-state index in [0.717, 1.165) is 102 Å². The van der Waals surface area contributed by atoms with Crippen molar-refractivity contribution >= 4 is 0 Å². The first kappa shape index (κ1) is 41.3. The van der Waals surface area contributed by atoms with Gasteiger partial charge in [0.15, 0.2) is 11.3 Å². The third-order valence-electron chi connectivity index (χ3n) is 15.8. The molecule has 0 aromatic rings. The summed E-state index contributed by atoms with van der Waals surface area (Å²) >= 11 is 0. The van der Waals surface area contributed by atoms with E-state index in [2.05, 4.69) is 13.8 Å². The van der Waals surface area contributed by atoms with Crippen LogP contribution in [0.2, 0.25) is 0 Å². The summed E-state index contributed by atoms with van der Waals surface area (Å²) in [5.41, 5.74) is -4.66. The molecule has 6 aliphatic rings. The van der Waals surface area contributed by atoms with Gasteiger partial charge in [0.25, 0.3) is 0 Å². The summed E-state index contributed by atoms with van der Waals surface area (Å²) < 4.78 is 72.2.